The molecule has 1 saturated carbocycles. The first kappa shape index (κ1) is 12.0. The summed E-state index contributed by atoms with van der Waals surface area (Å²) in [5, 5.41) is 30.0. The number of nitrogen functional groups attached to an aromatic ring is 1. The monoisotopic (exact) mass is 279 g/mol. The van der Waals surface area contributed by atoms with Gasteiger partial charge >= 0.3 is 0 Å². The van der Waals surface area contributed by atoms with Crippen LogP contribution in [0.15, 0.2) is 12.7 Å². The first-order valence-corrected chi connectivity index (χ1v) is 6.18. The molecule has 1 saturated heterocycles. The summed E-state index contributed by atoms with van der Waals surface area (Å²) in [5.41, 5.74) is 5.46. The van der Waals surface area contributed by atoms with Gasteiger partial charge < -0.3 is 30.4 Å². The van der Waals surface area contributed by atoms with Crippen LogP contribution in [0.2, 0.25) is 0 Å². The van der Waals surface area contributed by atoms with Crippen LogP contribution in [0.3, 0.4) is 0 Å². The van der Waals surface area contributed by atoms with E-state index >= 15 is 0 Å². The molecule has 0 spiro atoms. The topological polar surface area (TPSA) is 143 Å². The van der Waals surface area contributed by atoms with Crippen molar-refractivity contribution >= 4 is 17.0 Å². The van der Waals surface area contributed by atoms with Crippen LogP contribution in [0.5, 0.6) is 0 Å². The molecule has 0 bridgehead atoms. The Balaban J connectivity index is 1.83. The van der Waals surface area contributed by atoms with Gasteiger partial charge in [-0.3, -0.25) is 0 Å². The Bertz CT molecular complexity index is 691. The summed E-state index contributed by atoms with van der Waals surface area (Å²) in [6, 6.07) is -0.694. The molecule has 1 aliphatic carbocycles. The predicted molar refractivity (Wildman–Crippen MR) is 65.5 cm³/mol. The normalized spacial score (nSPS) is 39.1. The van der Waals surface area contributed by atoms with Gasteiger partial charge in [0.15, 0.2) is 11.5 Å². The van der Waals surface area contributed by atoms with Gasteiger partial charge in [0.05, 0.1) is 19.0 Å². The molecule has 1 aliphatic heterocycles. The highest BCUT2D eigenvalue weighted by Crippen LogP contribution is 2.54. The molecule has 9 heteroatoms. The summed E-state index contributed by atoms with van der Waals surface area (Å²) in [6.45, 7) is -0.351. The molecule has 5 N–H and O–H groups in total. The number of hydrogen-bond donors (Lipinski definition) is 4. The number of aromatic nitrogens is 4. The lowest BCUT2D eigenvalue weighted by Gasteiger charge is -2.25. The first-order valence-electron chi connectivity index (χ1n) is 6.18. The standard InChI is InChI=1S/C11H13N5O4/c12-9-4-10(14-2-13-9)16(3-15-4)5-6(18)8-11(1-17,20-8)7(5)19/h2-3,5-8,17-19H,1H2,(H2,12,13,14). The zero-order chi connectivity index (χ0) is 14.1. The average molecular weight is 279 g/mol. The number of rotatable bonds is 2. The molecule has 2 aliphatic rings. The van der Waals surface area contributed by atoms with E-state index in [1.807, 2.05) is 0 Å². The number of anilines is 1. The summed E-state index contributed by atoms with van der Waals surface area (Å²) in [7, 11) is 0. The Morgan fingerprint density at radius 3 is 2.85 bits per heavy atom. The maximum atomic E-state index is 10.4. The van der Waals surface area contributed by atoms with E-state index < -0.39 is 30.0 Å². The van der Waals surface area contributed by atoms with Crippen LogP contribution in [0, 0.1) is 0 Å². The number of epoxide rings is 1. The van der Waals surface area contributed by atoms with Crippen LogP contribution in [0.4, 0.5) is 5.82 Å². The van der Waals surface area contributed by atoms with Crippen LogP contribution in [-0.2, 0) is 4.74 Å². The van der Waals surface area contributed by atoms with Gasteiger partial charge in [0, 0.05) is 0 Å². The third-order valence-electron chi connectivity index (χ3n) is 4.21. The second kappa shape index (κ2) is 3.64. The number of aliphatic hydroxyl groups is 3. The smallest absolute Gasteiger partial charge is 0.165 e. The van der Waals surface area contributed by atoms with E-state index in [2.05, 4.69) is 15.0 Å². The molecule has 0 amide bonds. The van der Waals surface area contributed by atoms with Gasteiger partial charge in [0.2, 0.25) is 0 Å². The number of ether oxygens (including phenoxy) is 1. The summed E-state index contributed by atoms with van der Waals surface area (Å²) in [5.74, 6) is 0.231. The number of aliphatic hydroxyl groups excluding tert-OH is 3. The molecular formula is C11H13N5O4. The van der Waals surface area contributed by atoms with Crippen molar-refractivity contribution in [2.75, 3.05) is 12.3 Å². The SMILES string of the molecule is Nc1ncnc2c1ncn2C1C(O)C2OC2(CO)C1O. The zero-order valence-electron chi connectivity index (χ0n) is 10.3. The fraction of sp³-hybridized carbons (Fsp3) is 0.545. The Kier molecular flexibility index (Phi) is 2.18. The molecule has 9 nitrogen and oxygen atoms in total. The van der Waals surface area contributed by atoms with E-state index in [0.29, 0.717) is 11.2 Å². The number of hydrogen-bond acceptors (Lipinski definition) is 8. The van der Waals surface area contributed by atoms with Gasteiger partial charge in [0.1, 0.15) is 35.8 Å². The molecule has 2 aromatic rings. The van der Waals surface area contributed by atoms with Crippen molar-refractivity contribution in [2.24, 2.45) is 0 Å². The van der Waals surface area contributed by atoms with Crippen molar-refractivity contribution in [1.29, 1.82) is 0 Å². The predicted octanol–water partition coefficient (Wildman–Crippen LogP) is -2.19. The van der Waals surface area contributed by atoms with Crippen LogP contribution in [-0.4, -0.2) is 65.4 Å². The molecule has 20 heavy (non-hydrogen) atoms. The van der Waals surface area contributed by atoms with E-state index in [9.17, 15) is 15.3 Å². The Morgan fingerprint density at radius 1 is 1.35 bits per heavy atom. The Labute approximate surface area is 112 Å². The minimum absolute atomic E-state index is 0.231. The molecule has 4 rings (SSSR count). The Morgan fingerprint density at radius 2 is 2.15 bits per heavy atom. The van der Waals surface area contributed by atoms with E-state index in [1.165, 1.54) is 12.7 Å². The van der Waals surface area contributed by atoms with Gasteiger partial charge in [0.25, 0.3) is 0 Å². The fourth-order valence-corrected chi connectivity index (χ4v) is 3.08. The van der Waals surface area contributed by atoms with Gasteiger partial charge in [-0.05, 0) is 0 Å². The molecule has 2 aromatic heterocycles. The third kappa shape index (κ3) is 1.23. The maximum absolute atomic E-state index is 10.4. The highest BCUT2D eigenvalue weighted by atomic mass is 16.6. The van der Waals surface area contributed by atoms with Crippen molar-refractivity contribution in [2.45, 2.75) is 30.0 Å². The largest absolute Gasteiger partial charge is 0.393 e. The molecule has 3 heterocycles. The quantitative estimate of drug-likeness (QED) is 0.454. The van der Waals surface area contributed by atoms with Gasteiger partial charge in [-0.15, -0.1) is 0 Å². The van der Waals surface area contributed by atoms with E-state index in [1.54, 1.807) is 4.57 Å². The van der Waals surface area contributed by atoms with E-state index in [-0.39, 0.29) is 12.4 Å². The number of nitrogens with zero attached hydrogens (tertiary/aromatic N) is 4. The average Bonchev–Trinajstić information content (AvgIpc) is 2.99. The van der Waals surface area contributed by atoms with E-state index in [4.69, 9.17) is 10.5 Å². The molecule has 0 radical (unpaired) electrons. The lowest BCUT2D eigenvalue weighted by Crippen LogP contribution is -2.38. The lowest BCUT2D eigenvalue weighted by atomic mass is 10.0. The molecule has 0 aromatic carbocycles. The highest BCUT2D eigenvalue weighted by Gasteiger charge is 2.74. The van der Waals surface area contributed by atoms with Crippen LogP contribution in [0.1, 0.15) is 6.04 Å². The fourth-order valence-electron chi connectivity index (χ4n) is 3.08. The van der Waals surface area contributed by atoms with Crippen LogP contribution < -0.4 is 5.73 Å². The van der Waals surface area contributed by atoms with Crippen LogP contribution in [0.25, 0.3) is 11.2 Å². The number of nitrogens with two attached hydrogens (primary N) is 1. The molecule has 2 fully saturated rings. The van der Waals surface area contributed by atoms with Crippen molar-refractivity contribution in [3.63, 3.8) is 0 Å². The summed E-state index contributed by atoms with van der Waals surface area (Å²) >= 11 is 0. The van der Waals surface area contributed by atoms with Crippen LogP contribution >= 0.6 is 0 Å². The Hall–Kier alpha value is -1.81. The van der Waals surface area contributed by atoms with Gasteiger partial charge in [-0.1, -0.05) is 0 Å². The van der Waals surface area contributed by atoms with E-state index in [0.717, 1.165) is 0 Å². The van der Waals surface area contributed by atoms with Crippen molar-refractivity contribution in [3.8, 4) is 0 Å². The summed E-state index contributed by atoms with van der Waals surface area (Å²) in [4.78, 5) is 12.0. The van der Waals surface area contributed by atoms with Crippen molar-refractivity contribution in [3.05, 3.63) is 12.7 Å². The van der Waals surface area contributed by atoms with Crippen molar-refractivity contribution in [1.82, 2.24) is 19.5 Å². The van der Waals surface area contributed by atoms with Gasteiger partial charge in [-0.2, -0.15) is 0 Å². The van der Waals surface area contributed by atoms with Gasteiger partial charge in [-0.25, -0.2) is 15.0 Å². The second-order valence-electron chi connectivity index (χ2n) is 5.16. The number of imidazole rings is 1. The second-order valence-corrected chi connectivity index (χ2v) is 5.16. The summed E-state index contributed by atoms with van der Waals surface area (Å²) < 4.78 is 6.79. The maximum Gasteiger partial charge on any atom is 0.165 e. The van der Waals surface area contributed by atoms with Crippen molar-refractivity contribution < 1.29 is 20.1 Å². The molecule has 106 valence electrons. The molecule has 5 atom stereocenters. The summed E-state index contributed by atoms with van der Waals surface area (Å²) in [6.07, 6.45) is 0.154. The zero-order valence-corrected chi connectivity index (χ0v) is 10.3. The first-order chi connectivity index (χ1) is 9.60. The third-order valence-corrected chi connectivity index (χ3v) is 4.21. The molecular weight excluding hydrogens is 266 g/mol. The number of fused-ring (bicyclic) bond motifs is 2. The highest BCUT2D eigenvalue weighted by molar-refractivity contribution is 5.81. The minimum Gasteiger partial charge on any atom is -0.393 e. The minimum atomic E-state index is -1.08. The lowest BCUT2D eigenvalue weighted by molar-refractivity contribution is -0.0346. The molecule has 5 unspecified atom stereocenters.